The van der Waals surface area contributed by atoms with Crippen molar-refractivity contribution in [3.05, 3.63) is 76.2 Å². The molecule has 0 spiro atoms. The summed E-state index contributed by atoms with van der Waals surface area (Å²) in [6.07, 6.45) is 4.19. The zero-order valence-electron chi connectivity index (χ0n) is 27.1. The summed E-state index contributed by atoms with van der Waals surface area (Å²) in [7, 11) is 3.11. The number of allylic oxidation sites excluding steroid dienone is 2. The second kappa shape index (κ2) is 14.3. The summed E-state index contributed by atoms with van der Waals surface area (Å²) in [5.41, 5.74) is 15.7. The van der Waals surface area contributed by atoms with Crippen molar-refractivity contribution >= 4 is 39.8 Å². The van der Waals surface area contributed by atoms with Gasteiger partial charge in [-0.05, 0) is 44.2 Å². The van der Waals surface area contributed by atoms with E-state index in [4.69, 9.17) is 20.9 Å². The van der Waals surface area contributed by atoms with Crippen molar-refractivity contribution in [2.24, 2.45) is 21.5 Å². The van der Waals surface area contributed by atoms with Gasteiger partial charge in [0.25, 0.3) is 5.91 Å². The fourth-order valence-corrected chi connectivity index (χ4v) is 5.44. The largest absolute Gasteiger partial charge is 0.494 e. The highest BCUT2D eigenvalue weighted by atomic mass is 16.5. The summed E-state index contributed by atoms with van der Waals surface area (Å²) in [5, 5.41) is 13.6. The summed E-state index contributed by atoms with van der Waals surface area (Å²) in [6, 6.07) is 8.00. The van der Waals surface area contributed by atoms with Crippen LogP contribution >= 0.6 is 0 Å². The van der Waals surface area contributed by atoms with Crippen LogP contribution in [0.5, 0.6) is 11.5 Å². The summed E-state index contributed by atoms with van der Waals surface area (Å²) in [5.74, 6) is -0.964. The number of aliphatic hydroxyl groups excluding tert-OH is 1. The molecular formula is C32H38N10O6. The number of fused-ring (bicyclic) bond motifs is 2. The third-order valence-electron chi connectivity index (χ3n) is 7.63. The van der Waals surface area contributed by atoms with Crippen LogP contribution in [0.2, 0.25) is 0 Å². The number of ether oxygens (including phenoxy) is 2. The summed E-state index contributed by atoms with van der Waals surface area (Å²) in [4.78, 5) is 52.6. The van der Waals surface area contributed by atoms with Crippen molar-refractivity contribution in [2.45, 2.75) is 39.9 Å². The van der Waals surface area contributed by atoms with Gasteiger partial charge in [-0.25, -0.2) is 0 Å². The lowest BCUT2D eigenvalue weighted by Crippen LogP contribution is -2.22. The number of carbonyl (C=O) groups is 3. The highest BCUT2D eigenvalue weighted by Crippen LogP contribution is 2.27. The van der Waals surface area contributed by atoms with Crippen LogP contribution in [0.3, 0.4) is 0 Å². The van der Waals surface area contributed by atoms with Crippen LogP contribution in [0.15, 0.2) is 52.5 Å². The van der Waals surface area contributed by atoms with Gasteiger partial charge in [-0.15, -0.1) is 0 Å². The van der Waals surface area contributed by atoms with E-state index in [2.05, 4.69) is 25.1 Å². The predicted octanol–water partition coefficient (Wildman–Crippen LogP) is 1.27. The second-order valence-electron chi connectivity index (χ2n) is 10.8. The van der Waals surface area contributed by atoms with Gasteiger partial charge >= 0.3 is 0 Å². The molecule has 0 atom stereocenters. The number of aromatic nitrogens is 6. The normalized spacial score (nSPS) is 12.5. The Morgan fingerprint density at radius 1 is 0.938 bits per heavy atom. The Morgan fingerprint density at radius 3 is 2.08 bits per heavy atom. The number of aliphatic hydroxyl groups is 1. The molecule has 16 nitrogen and oxygen atoms in total. The average molecular weight is 659 g/mol. The first-order chi connectivity index (χ1) is 23.1. The molecular weight excluding hydrogens is 620 g/mol. The fraction of sp³-hybridized carbons (Fsp3) is 0.312. The lowest BCUT2D eigenvalue weighted by atomic mass is 10.1. The Kier molecular flexibility index (Phi) is 9.93. The monoisotopic (exact) mass is 658 g/mol. The Balaban J connectivity index is 1.57. The van der Waals surface area contributed by atoms with Gasteiger partial charge in [0.05, 0.1) is 30.4 Å². The van der Waals surface area contributed by atoms with Gasteiger partial charge in [0.15, 0.2) is 0 Å². The molecule has 7 N–H and O–H groups in total. The van der Waals surface area contributed by atoms with Gasteiger partial charge < -0.3 is 45.1 Å². The number of nitrogens with two attached hydrogens (primary N) is 2. The molecule has 5 rings (SSSR count). The maximum atomic E-state index is 13.4. The number of nitrogens with one attached hydrogen (secondary N) is 2. The predicted molar refractivity (Wildman–Crippen MR) is 177 cm³/mol. The van der Waals surface area contributed by atoms with E-state index in [1.54, 1.807) is 47.5 Å². The molecule has 0 saturated carbocycles. The Hall–Kier alpha value is -5.90. The van der Waals surface area contributed by atoms with E-state index in [0.29, 0.717) is 70.1 Å². The zero-order valence-corrected chi connectivity index (χ0v) is 27.1. The second-order valence-corrected chi connectivity index (χ2v) is 10.8. The number of rotatable bonds is 13. The lowest BCUT2D eigenvalue weighted by Gasteiger charge is -2.11. The molecule has 16 heteroatoms. The minimum absolute atomic E-state index is 0.0497. The molecule has 0 bridgehead atoms. The van der Waals surface area contributed by atoms with E-state index in [1.165, 1.54) is 13.2 Å². The molecule has 3 amide bonds. The number of methoxy groups -OCH3 is 1. The maximum absolute atomic E-state index is 13.4. The number of hydrogen-bond donors (Lipinski definition) is 5. The minimum atomic E-state index is -0.635. The van der Waals surface area contributed by atoms with Crippen LogP contribution in [-0.4, -0.2) is 79.1 Å². The van der Waals surface area contributed by atoms with Crippen molar-refractivity contribution in [1.29, 1.82) is 0 Å². The topological polar surface area (TPSA) is 226 Å². The van der Waals surface area contributed by atoms with E-state index >= 15 is 0 Å². The van der Waals surface area contributed by atoms with Gasteiger partial charge in [-0.1, -0.05) is 12.2 Å². The van der Waals surface area contributed by atoms with Crippen molar-refractivity contribution in [3.63, 3.8) is 0 Å². The quantitative estimate of drug-likeness (QED) is 0.0919. The smallest absolute Gasteiger partial charge is 0.298 e. The number of H-pyrrole nitrogens is 2. The molecule has 0 unspecified atom stereocenters. The van der Waals surface area contributed by atoms with Crippen LogP contribution in [-0.2, 0) is 19.6 Å². The summed E-state index contributed by atoms with van der Waals surface area (Å²) in [6.45, 7) is 4.95. The van der Waals surface area contributed by atoms with Gasteiger partial charge in [0.2, 0.25) is 23.1 Å². The summed E-state index contributed by atoms with van der Waals surface area (Å²) >= 11 is 0. The van der Waals surface area contributed by atoms with Crippen LogP contribution in [0.4, 0.5) is 0 Å². The van der Waals surface area contributed by atoms with Gasteiger partial charge in [0, 0.05) is 50.8 Å². The minimum Gasteiger partial charge on any atom is -0.494 e. The average Bonchev–Trinajstić information content (AvgIpc) is 3.74. The molecule has 0 aliphatic carbocycles. The van der Waals surface area contributed by atoms with Crippen LogP contribution < -0.4 is 32.2 Å². The van der Waals surface area contributed by atoms with E-state index in [9.17, 15) is 19.5 Å². The number of amides is 3. The molecule has 0 saturated heterocycles. The van der Waals surface area contributed by atoms with Gasteiger partial charge in [-0.3, -0.25) is 24.1 Å². The third kappa shape index (κ3) is 6.64. The highest BCUT2D eigenvalue weighted by Gasteiger charge is 2.18. The van der Waals surface area contributed by atoms with E-state index < -0.39 is 17.7 Å². The summed E-state index contributed by atoms with van der Waals surface area (Å²) < 4.78 is 16.8. The number of primary amides is 2. The number of nitrogens with zero attached hydrogens (tertiary/aromatic N) is 6. The van der Waals surface area contributed by atoms with E-state index in [1.807, 2.05) is 23.6 Å². The van der Waals surface area contributed by atoms with Crippen molar-refractivity contribution in [1.82, 2.24) is 28.9 Å². The molecule has 3 aromatic heterocycles. The van der Waals surface area contributed by atoms with E-state index in [0.717, 1.165) is 0 Å². The van der Waals surface area contributed by atoms with Crippen molar-refractivity contribution in [3.8, 4) is 11.5 Å². The number of hydrogen-bond acceptors (Lipinski definition) is 8. The van der Waals surface area contributed by atoms with Gasteiger partial charge in [0.1, 0.15) is 28.2 Å². The Bertz CT molecular complexity index is 2190. The number of aromatic amines is 2. The standard InChI is InChI=1S/C32H38N10O6/c1-5-42-23(13-18(2)39-42)30(46)38-32-37-21-14-19(28(33)44)16-24(47-4)26(21)41(32)10-7-6-9-40-27-22(36-31(40)35-3)15-20(29(34)45)17-25(27)48-12-8-11-43/h6-7,13-17,43H,5,8-12H2,1-4H3,(H2,33,44)(H2,34,45)(H,35,36)(H,37,38,46)/b7-6+. The van der Waals surface area contributed by atoms with Crippen LogP contribution in [0.25, 0.3) is 22.1 Å². The maximum Gasteiger partial charge on any atom is 0.298 e. The molecule has 3 heterocycles. The number of aryl methyl sites for hydroxylation is 2. The van der Waals surface area contributed by atoms with Gasteiger partial charge in [-0.2, -0.15) is 10.1 Å². The van der Waals surface area contributed by atoms with Crippen molar-refractivity contribution < 1.29 is 29.0 Å². The molecule has 252 valence electrons. The highest BCUT2D eigenvalue weighted by molar-refractivity contribution is 5.99. The number of carbonyl (C=O) groups excluding carboxylic acids is 3. The third-order valence-corrected chi connectivity index (χ3v) is 7.63. The first kappa shape index (κ1) is 33.5. The number of imidazole rings is 2. The molecule has 0 radical (unpaired) electrons. The SMILES string of the molecule is CCn1nc(C)cc1C(=O)/N=c1\[nH]c2cc(C(N)=O)cc(OC)c2n1C/C=C/Cn1/c(=N/C)[nH]c2cc(C(N)=O)cc(OCCCO)c21. The van der Waals surface area contributed by atoms with E-state index in [-0.39, 0.29) is 36.5 Å². The zero-order chi connectivity index (χ0) is 34.5. The molecule has 5 aromatic rings. The molecule has 48 heavy (non-hydrogen) atoms. The lowest BCUT2D eigenvalue weighted by molar-refractivity contribution is 0.0981. The Labute approximate surface area is 274 Å². The fourth-order valence-electron chi connectivity index (χ4n) is 5.44. The molecule has 0 fully saturated rings. The molecule has 0 aliphatic heterocycles. The first-order valence-corrected chi connectivity index (χ1v) is 15.2. The van der Waals surface area contributed by atoms with Crippen LogP contribution in [0.1, 0.15) is 50.2 Å². The van der Waals surface area contributed by atoms with Crippen LogP contribution in [0, 0.1) is 6.92 Å². The first-order valence-electron chi connectivity index (χ1n) is 15.2. The molecule has 2 aromatic carbocycles. The van der Waals surface area contributed by atoms with Crippen molar-refractivity contribution in [2.75, 3.05) is 27.4 Å². The Morgan fingerprint density at radius 2 is 1.52 bits per heavy atom. The molecule has 0 aliphatic rings. The number of benzene rings is 2.